The van der Waals surface area contributed by atoms with Crippen molar-refractivity contribution in [2.45, 2.75) is 24.7 Å². The molecule has 8 heteroatoms. The van der Waals surface area contributed by atoms with E-state index in [1.807, 2.05) is 0 Å². The Morgan fingerprint density at radius 1 is 1.20 bits per heavy atom. The van der Waals surface area contributed by atoms with Crippen molar-refractivity contribution >= 4 is 16.0 Å². The molecular formula is C17H18FNO5S. The summed E-state index contributed by atoms with van der Waals surface area (Å²) in [5.74, 6) is -1.92. The van der Waals surface area contributed by atoms with Crippen LogP contribution in [0.25, 0.3) is 0 Å². The summed E-state index contributed by atoms with van der Waals surface area (Å²) in [6, 6.07) is 12.1. The van der Waals surface area contributed by atoms with Gasteiger partial charge in [0.25, 0.3) is 0 Å². The SMILES string of the molecule is CC(=O)OOc1ccc(C(C)CNS(=O)(=O)c2ccccc2)cc1F. The van der Waals surface area contributed by atoms with Crippen molar-refractivity contribution < 1.29 is 27.4 Å². The topological polar surface area (TPSA) is 81.7 Å². The summed E-state index contributed by atoms with van der Waals surface area (Å²) in [6.45, 7) is 2.99. The Kier molecular flexibility index (Phi) is 6.11. The zero-order chi connectivity index (χ0) is 18.4. The molecule has 1 N–H and O–H groups in total. The summed E-state index contributed by atoms with van der Waals surface area (Å²) >= 11 is 0. The molecule has 0 heterocycles. The highest BCUT2D eigenvalue weighted by molar-refractivity contribution is 7.89. The molecule has 0 saturated heterocycles. The third-order valence-electron chi connectivity index (χ3n) is 3.41. The highest BCUT2D eigenvalue weighted by Gasteiger charge is 2.17. The maximum absolute atomic E-state index is 13.9. The van der Waals surface area contributed by atoms with Gasteiger partial charge in [-0.15, -0.1) is 0 Å². The summed E-state index contributed by atoms with van der Waals surface area (Å²) in [4.78, 5) is 19.7. The zero-order valence-corrected chi connectivity index (χ0v) is 14.5. The van der Waals surface area contributed by atoms with E-state index in [0.29, 0.717) is 5.56 Å². The minimum atomic E-state index is -3.63. The van der Waals surface area contributed by atoms with E-state index in [1.165, 1.54) is 24.3 Å². The van der Waals surface area contributed by atoms with Gasteiger partial charge < -0.3 is 0 Å². The van der Waals surface area contributed by atoms with E-state index < -0.39 is 21.8 Å². The van der Waals surface area contributed by atoms with Crippen molar-refractivity contribution in [1.29, 1.82) is 0 Å². The zero-order valence-electron chi connectivity index (χ0n) is 13.7. The van der Waals surface area contributed by atoms with E-state index in [4.69, 9.17) is 0 Å². The van der Waals surface area contributed by atoms with Crippen LogP contribution in [0.3, 0.4) is 0 Å². The number of nitrogens with one attached hydrogen (secondary N) is 1. The quantitative estimate of drug-likeness (QED) is 0.601. The van der Waals surface area contributed by atoms with Gasteiger partial charge in [-0.2, -0.15) is 0 Å². The first-order valence-electron chi connectivity index (χ1n) is 7.49. The molecular weight excluding hydrogens is 349 g/mol. The van der Waals surface area contributed by atoms with Gasteiger partial charge in [0.1, 0.15) is 0 Å². The summed E-state index contributed by atoms with van der Waals surface area (Å²) < 4.78 is 40.8. The van der Waals surface area contributed by atoms with Crippen LogP contribution in [-0.2, 0) is 19.7 Å². The smallest absolute Gasteiger partial charge is 0.284 e. The normalized spacial score (nSPS) is 12.4. The van der Waals surface area contributed by atoms with Crippen LogP contribution in [0.1, 0.15) is 25.3 Å². The lowest BCUT2D eigenvalue weighted by molar-refractivity contribution is -0.211. The Hall–Kier alpha value is -2.45. The fourth-order valence-electron chi connectivity index (χ4n) is 2.03. The van der Waals surface area contributed by atoms with Gasteiger partial charge in [0.2, 0.25) is 15.8 Å². The van der Waals surface area contributed by atoms with Gasteiger partial charge in [-0.25, -0.2) is 22.3 Å². The Morgan fingerprint density at radius 3 is 2.48 bits per heavy atom. The average molecular weight is 367 g/mol. The minimum Gasteiger partial charge on any atom is -0.284 e. The molecule has 2 aromatic rings. The van der Waals surface area contributed by atoms with Gasteiger partial charge in [0, 0.05) is 13.5 Å². The van der Waals surface area contributed by atoms with E-state index in [9.17, 15) is 17.6 Å². The standard InChI is InChI=1S/C17H18FNO5S/c1-12(11-19-25(21,22)15-6-4-3-5-7-15)14-8-9-17(16(18)10-14)24-23-13(2)20/h3-10,12,19H,11H2,1-2H3. The molecule has 2 aromatic carbocycles. The Labute approximate surface area is 145 Å². The maximum Gasteiger partial charge on any atom is 0.352 e. The Morgan fingerprint density at radius 2 is 1.88 bits per heavy atom. The van der Waals surface area contributed by atoms with Crippen molar-refractivity contribution in [3.8, 4) is 5.75 Å². The molecule has 0 amide bonds. The van der Waals surface area contributed by atoms with E-state index >= 15 is 0 Å². The molecule has 0 spiro atoms. The predicted octanol–water partition coefficient (Wildman–Crippen LogP) is 2.76. The first kappa shape index (κ1) is 18.9. The molecule has 0 aromatic heterocycles. The van der Waals surface area contributed by atoms with Gasteiger partial charge in [0.05, 0.1) is 4.90 Å². The van der Waals surface area contributed by atoms with Gasteiger partial charge in [-0.3, -0.25) is 9.78 Å². The molecule has 0 radical (unpaired) electrons. The van der Waals surface area contributed by atoms with Crippen LogP contribution in [0, 0.1) is 5.82 Å². The number of hydrogen-bond acceptors (Lipinski definition) is 5. The number of halogens is 1. The lowest BCUT2D eigenvalue weighted by Crippen LogP contribution is -2.27. The maximum atomic E-state index is 13.9. The van der Waals surface area contributed by atoms with Crippen LogP contribution in [0.4, 0.5) is 4.39 Å². The predicted molar refractivity (Wildman–Crippen MR) is 88.8 cm³/mol. The summed E-state index contributed by atoms with van der Waals surface area (Å²) in [7, 11) is -3.63. The van der Waals surface area contributed by atoms with Crippen LogP contribution >= 0.6 is 0 Å². The lowest BCUT2D eigenvalue weighted by atomic mass is 10.0. The second kappa shape index (κ2) is 8.09. The summed E-state index contributed by atoms with van der Waals surface area (Å²) in [5.41, 5.74) is 0.573. The Balaban J connectivity index is 2.02. The number of sulfonamides is 1. The largest absolute Gasteiger partial charge is 0.352 e. The first-order chi connectivity index (χ1) is 11.8. The van der Waals surface area contributed by atoms with Crippen molar-refractivity contribution in [1.82, 2.24) is 4.72 Å². The molecule has 1 unspecified atom stereocenters. The van der Waals surface area contributed by atoms with Crippen LogP contribution in [-0.4, -0.2) is 20.9 Å². The van der Waals surface area contributed by atoms with Crippen LogP contribution in [0.5, 0.6) is 5.75 Å². The molecule has 0 saturated carbocycles. The number of carbonyl (C=O) groups is 1. The van der Waals surface area contributed by atoms with Crippen LogP contribution < -0.4 is 9.61 Å². The average Bonchev–Trinajstić information content (AvgIpc) is 2.59. The van der Waals surface area contributed by atoms with Gasteiger partial charge >= 0.3 is 5.97 Å². The van der Waals surface area contributed by atoms with Gasteiger partial charge in [0.15, 0.2) is 5.82 Å². The lowest BCUT2D eigenvalue weighted by Gasteiger charge is -2.14. The molecule has 0 aliphatic carbocycles. The molecule has 134 valence electrons. The van der Waals surface area contributed by atoms with Crippen molar-refractivity contribution in [2.24, 2.45) is 0 Å². The van der Waals surface area contributed by atoms with Crippen LogP contribution in [0.15, 0.2) is 53.4 Å². The van der Waals surface area contributed by atoms with E-state index in [1.54, 1.807) is 31.2 Å². The monoisotopic (exact) mass is 367 g/mol. The molecule has 0 aliphatic rings. The Bertz CT molecular complexity index is 839. The number of rotatable bonds is 7. The second-order valence-corrected chi connectivity index (χ2v) is 7.18. The molecule has 2 rings (SSSR count). The fourth-order valence-corrected chi connectivity index (χ4v) is 3.18. The third kappa shape index (κ3) is 5.27. The van der Waals surface area contributed by atoms with E-state index in [2.05, 4.69) is 14.5 Å². The number of carbonyl (C=O) groups excluding carboxylic acids is 1. The summed E-state index contributed by atoms with van der Waals surface area (Å²) in [5, 5.41) is 0. The molecule has 0 bridgehead atoms. The minimum absolute atomic E-state index is 0.0980. The van der Waals surface area contributed by atoms with Gasteiger partial charge in [-0.1, -0.05) is 31.2 Å². The number of hydrogen-bond donors (Lipinski definition) is 1. The fraction of sp³-hybridized carbons (Fsp3) is 0.235. The van der Waals surface area contributed by atoms with Crippen molar-refractivity contribution in [3.63, 3.8) is 0 Å². The van der Waals surface area contributed by atoms with E-state index in [-0.39, 0.29) is 23.1 Å². The van der Waals surface area contributed by atoms with Crippen LogP contribution in [0.2, 0.25) is 0 Å². The number of benzene rings is 2. The third-order valence-corrected chi connectivity index (χ3v) is 4.85. The van der Waals surface area contributed by atoms with E-state index in [0.717, 1.165) is 6.92 Å². The molecule has 0 fully saturated rings. The van der Waals surface area contributed by atoms with Crippen molar-refractivity contribution in [3.05, 3.63) is 59.9 Å². The molecule has 25 heavy (non-hydrogen) atoms. The summed E-state index contributed by atoms with van der Waals surface area (Å²) in [6.07, 6.45) is 0. The van der Waals surface area contributed by atoms with Crippen molar-refractivity contribution in [2.75, 3.05) is 6.54 Å². The molecule has 0 aliphatic heterocycles. The molecule has 6 nitrogen and oxygen atoms in total. The first-order valence-corrected chi connectivity index (χ1v) is 8.97. The molecule has 1 atom stereocenters. The highest BCUT2D eigenvalue weighted by atomic mass is 32.2. The highest BCUT2D eigenvalue weighted by Crippen LogP contribution is 2.23. The van der Waals surface area contributed by atoms with Gasteiger partial charge in [-0.05, 0) is 35.7 Å². The second-order valence-electron chi connectivity index (χ2n) is 5.41.